The van der Waals surface area contributed by atoms with Crippen molar-refractivity contribution < 1.29 is 14.2 Å². The Bertz CT molecular complexity index is 1050. The maximum absolute atomic E-state index is 9.53. The van der Waals surface area contributed by atoms with E-state index in [4.69, 9.17) is 14.2 Å². The molecule has 0 unspecified atom stereocenters. The van der Waals surface area contributed by atoms with E-state index < -0.39 is 0 Å². The van der Waals surface area contributed by atoms with Crippen molar-refractivity contribution in [2.24, 2.45) is 0 Å². The van der Waals surface area contributed by atoms with Crippen molar-refractivity contribution in [3.8, 4) is 34.6 Å². The van der Waals surface area contributed by atoms with Gasteiger partial charge in [-0.05, 0) is 30.3 Å². The van der Waals surface area contributed by atoms with Gasteiger partial charge in [-0.2, -0.15) is 5.26 Å². The minimum absolute atomic E-state index is 0.233. The number of ether oxygens (including phenoxy) is 3. The summed E-state index contributed by atoms with van der Waals surface area (Å²) in [6, 6.07) is 15.4. The molecule has 2 heterocycles. The predicted octanol–water partition coefficient (Wildman–Crippen LogP) is 4.52. The Morgan fingerprint density at radius 1 is 1.26 bits per heavy atom. The lowest BCUT2D eigenvalue weighted by Gasteiger charge is -2.07. The van der Waals surface area contributed by atoms with Crippen molar-refractivity contribution in [3.63, 3.8) is 0 Å². The average Bonchev–Trinajstić information content (AvgIpc) is 3.38. The zero-order valence-corrected chi connectivity index (χ0v) is 15.2. The fourth-order valence-electron chi connectivity index (χ4n) is 2.64. The van der Waals surface area contributed by atoms with E-state index in [1.807, 2.05) is 47.8 Å². The van der Waals surface area contributed by atoms with Crippen molar-refractivity contribution in [3.05, 3.63) is 59.1 Å². The maximum atomic E-state index is 9.53. The van der Waals surface area contributed by atoms with Crippen molar-refractivity contribution in [2.75, 3.05) is 19.2 Å². The molecule has 0 saturated carbocycles. The molecular weight excluding hydrogens is 362 g/mol. The highest BCUT2D eigenvalue weighted by atomic mass is 32.1. The number of hydrogen-bond acceptors (Lipinski definition) is 7. The largest absolute Gasteiger partial charge is 0.495 e. The number of methoxy groups -OCH3 is 1. The quantitative estimate of drug-likeness (QED) is 0.659. The number of anilines is 1. The molecule has 0 amide bonds. The Kier molecular flexibility index (Phi) is 4.64. The molecule has 27 heavy (non-hydrogen) atoms. The third kappa shape index (κ3) is 3.43. The van der Waals surface area contributed by atoms with Gasteiger partial charge in [0.2, 0.25) is 6.79 Å². The highest BCUT2D eigenvalue weighted by Crippen LogP contribution is 2.36. The molecule has 0 atom stereocenters. The summed E-state index contributed by atoms with van der Waals surface area (Å²) >= 11 is 1.41. The number of allylic oxidation sites excluding steroid dienone is 1. The number of fused-ring (bicyclic) bond motifs is 1. The molecule has 134 valence electrons. The van der Waals surface area contributed by atoms with Gasteiger partial charge in [0, 0.05) is 17.1 Å². The van der Waals surface area contributed by atoms with Crippen molar-refractivity contribution in [1.82, 2.24) is 4.98 Å². The van der Waals surface area contributed by atoms with Crippen molar-refractivity contribution >= 4 is 22.6 Å². The van der Waals surface area contributed by atoms with Crippen LogP contribution in [0.1, 0.15) is 5.01 Å². The number of nitriles is 1. The Morgan fingerprint density at radius 3 is 2.96 bits per heavy atom. The van der Waals surface area contributed by atoms with Crippen LogP contribution in [0.5, 0.6) is 17.2 Å². The molecule has 0 bridgehead atoms. The molecule has 0 fully saturated rings. The SMILES string of the molecule is COc1ccccc1NC=C(C#N)c1nc(-c2ccc3c(c2)OCO3)cs1. The van der Waals surface area contributed by atoms with Crippen LogP contribution in [-0.4, -0.2) is 18.9 Å². The van der Waals surface area contributed by atoms with Crippen LogP contribution in [0.4, 0.5) is 5.69 Å². The lowest BCUT2D eigenvalue weighted by atomic mass is 10.1. The van der Waals surface area contributed by atoms with Gasteiger partial charge in [-0.15, -0.1) is 11.3 Å². The number of nitrogens with zero attached hydrogens (tertiary/aromatic N) is 2. The van der Waals surface area contributed by atoms with Gasteiger partial charge in [0.25, 0.3) is 0 Å². The second-order valence-corrected chi connectivity index (χ2v) is 6.48. The molecule has 7 heteroatoms. The first kappa shape index (κ1) is 16.9. The summed E-state index contributed by atoms with van der Waals surface area (Å²) in [6.45, 7) is 0.233. The third-order valence-corrected chi connectivity index (χ3v) is 4.88. The first-order valence-electron chi connectivity index (χ1n) is 8.14. The Hall–Kier alpha value is -3.50. The smallest absolute Gasteiger partial charge is 0.231 e. The number of hydrogen-bond donors (Lipinski definition) is 1. The van der Waals surface area contributed by atoms with Crippen LogP contribution in [-0.2, 0) is 0 Å². The standard InChI is InChI=1S/C20H15N3O3S/c1-24-17-5-3-2-4-15(17)22-10-14(9-21)20-23-16(11-27-20)13-6-7-18-19(8-13)26-12-25-18/h2-8,10-11,22H,12H2,1H3. The number of aromatic nitrogens is 1. The molecule has 2 aromatic carbocycles. The molecule has 1 aliphatic rings. The average molecular weight is 377 g/mol. The van der Waals surface area contributed by atoms with Crippen LogP contribution >= 0.6 is 11.3 Å². The van der Waals surface area contributed by atoms with Crippen LogP contribution in [0.2, 0.25) is 0 Å². The Morgan fingerprint density at radius 2 is 2.11 bits per heavy atom. The molecule has 4 rings (SSSR count). The summed E-state index contributed by atoms with van der Waals surface area (Å²) in [5.41, 5.74) is 2.92. The summed E-state index contributed by atoms with van der Waals surface area (Å²) in [4.78, 5) is 4.59. The zero-order chi connectivity index (χ0) is 18.6. The van der Waals surface area contributed by atoms with Crippen molar-refractivity contribution in [1.29, 1.82) is 5.26 Å². The number of benzene rings is 2. The van der Waals surface area contributed by atoms with Crippen LogP contribution in [0.3, 0.4) is 0 Å². The first-order chi connectivity index (χ1) is 13.3. The molecule has 0 spiro atoms. The van der Waals surface area contributed by atoms with E-state index >= 15 is 0 Å². The van der Waals surface area contributed by atoms with E-state index in [1.54, 1.807) is 13.3 Å². The summed E-state index contributed by atoms with van der Waals surface area (Å²) in [5, 5.41) is 15.2. The van der Waals surface area contributed by atoms with Gasteiger partial charge in [0.15, 0.2) is 11.5 Å². The molecule has 1 N–H and O–H groups in total. The Balaban J connectivity index is 1.58. The van der Waals surface area contributed by atoms with E-state index in [0.717, 1.165) is 22.7 Å². The van der Waals surface area contributed by atoms with Gasteiger partial charge in [-0.25, -0.2) is 4.98 Å². The van der Waals surface area contributed by atoms with Gasteiger partial charge >= 0.3 is 0 Å². The summed E-state index contributed by atoms with van der Waals surface area (Å²) in [5.74, 6) is 2.13. The normalized spacial score (nSPS) is 12.5. The molecule has 0 saturated heterocycles. The summed E-state index contributed by atoms with van der Waals surface area (Å²) < 4.78 is 16.1. The fraction of sp³-hybridized carbons (Fsp3) is 0.100. The minimum Gasteiger partial charge on any atom is -0.495 e. The molecule has 1 aromatic heterocycles. The molecule has 3 aromatic rings. The van der Waals surface area contributed by atoms with Gasteiger partial charge in [0.1, 0.15) is 22.4 Å². The second-order valence-electron chi connectivity index (χ2n) is 5.62. The van der Waals surface area contributed by atoms with E-state index in [0.29, 0.717) is 22.1 Å². The fourth-order valence-corrected chi connectivity index (χ4v) is 3.44. The number of para-hydroxylation sites is 2. The van der Waals surface area contributed by atoms with E-state index in [2.05, 4.69) is 16.4 Å². The van der Waals surface area contributed by atoms with Gasteiger partial charge in [-0.1, -0.05) is 12.1 Å². The highest BCUT2D eigenvalue weighted by molar-refractivity contribution is 7.11. The highest BCUT2D eigenvalue weighted by Gasteiger charge is 2.16. The van der Waals surface area contributed by atoms with Gasteiger partial charge in [-0.3, -0.25) is 0 Å². The number of thiazole rings is 1. The number of rotatable bonds is 5. The van der Waals surface area contributed by atoms with E-state index in [-0.39, 0.29) is 6.79 Å². The Labute approximate surface area is 160 Å². The summed E-state index contributed by atoms with van der Waals surface area (Å²) in [7, 11) is 1.61. The van der Waals surface area contributed by atoms with E-state index in [1.165, 1.54) is 11.3 Å². The topological polar surface area (TPSA) is 76.4 Å². The monoisotopic (exact) mass is 377 g/mol. The first-order valence-corrected chi connectivity index (χ1v) is 9.02. The van der Waals surface area contributed by atoms with Crippen LogP contribution < -0.4 is 19.5 Å². The lowest BCUT2D eigenvalue weighted by Crippen LogP contribution is -1.94. The minimum atomic E-state index is 0.233. The number of nitrogens with one attached hydrogen (secondary N) is 1. The molecular formula is C20H15N3O3S. The van der Waals surface area contributed by atoms with Crippen LogP contribution in [0.15, 0.2) is 54.0 Å². The van der Waals surface area contributed by atoms with Crippen molar-refractivity contribution in [2.45, 2.75) is 0 Å². The molecule has 6 nitrogen and oxygen atoms in total. The zero-order valence-electron chi connectivity index (χ0n) is 14.4. The van der Waals surface area contributed by atoms with Crippen LogP contribution in [0, 0.1) is 11.3 Å². The molecule has 1 aliphatic heterocycles. The molecule has 0 radical (unpaired) electrons. The lowest BCUT2D eigenvalue weighted by molar-refractivity contribution is 0.174. The third-order valence-electron chi connectivity index (χ3n) is 4.00. The van der Waals surface area contributed by atoms with Gasteiger partial charge in [0.05, 0.1) is 18.5 Å². The van der Waals surface area contributed by atoms with Gasteiger partial charge < -0.3 is 19.5 Å². The summed E-state index contributed by atoms with van der Waals surface area (Å²) in [6.07, 6.45) is 1.64. The molecule has 0 aliphatic carbocycles. The predicted molar refractivity (Wildman–Crippen MR) is 104 cm³/mol. The van der Waals surface area contributed by atoms with E-state index in [9.17, 15) is 5.26 Å². The van der Waals surface area contributed by atoms with Crippen LogP contribution in [0.25, 0.3) is 16.8 Å². The maximum Gasteiger partial charge on any atom is 0.231 e. The second kappa shape index (κ2) is 7.40.